The third kappa shape index (κ3) is 3.41. The van der Waals surface area contributed by atoms with Crippen LogP contribution in [0.3, 0.4) is 0 Å². The van der Waals surface area contributed by atoms with E-state index in [1.165, 1.54) is 11.3 Å². The number of nitrogens with one attached hydrogen (secondary N) is 1. The van der Waals surface area contributed by atoms with E-state index in [4.69, 9.17) is 5.11 Å². The standard InChI is InChI=1S/C17H16N4O2S/c1-9-6-10(2)8-12(7-9)19-17-18-5-4-13(20-17)15-21-14(16(22)23)11(3)24-15/h4-8H,1-3H3,(H,22,23)(H,18,19,20). The molecular formula is C17H16N4O2S. The minimum absolute atomic E-state index is 0.0671. The maximum absolute atomic E-state index is 11.1. The first-order valence-corrected chi connectivity index (χ1v) is 8.13. The van der Waals surface area contributed by atoms with E-state index in [0.29, 0.717) is 21.5 Å². The fourth-order valence-electron chi connectivity index (χ4n) is 2.42. The molecule has 0 amide bonds. The van der Waals surface area contributed by atoms with Gasteiger partial charge in [-0.2, -0.15) is 0 Å². The second kappa shape index (κ2) is 6.37. The summed E-state index contributed by atoms with van der Waals surface area (Å²) in [6.07, 6.45) is 1.63. The minimum Gasteiger partial charge on any atom is -0.476 e. The highest BCUT2D eigenvalue weighted by Gasteiger charge is 2.16. The molecule has 0 bridgehead atoms. The van der Waals surface area contributed by atoms with Crippen molar-refractivity contribution < 1.29 is 9.90 Å². The van der Waals surface area contributed by atoms with Crippen LogP contribution < -0.4 is 5.32 Å². The van der Waals surface area contributed by atoms with Gasteiger partial charge in [0.25, 0.3) is 0 Å². The largest absolute Gasteiger partial charge is 0.476 e. The normalized spacial score (nSPS) is 10.6. The van der Waals surface area contributed by atoms with Gasteiger partial charge in [0.2, 0.25) is 5.95 Å². The van der Waals surface area contributed by atoms with Crippen molar-refractivity contribution in [3.8, 4) is 10.7 Å². The van der Waals surface area contributed by atoms with Crippen molar-refractivity contribution in [3.05, 3.63) is 52.2 Å². The minimum atomic E-state index is -1.03. The molecule has 2 N–H and O–H groups in total. The molecule has 3 rings (SSSR count). The first-order chi connectivity index (χ1) is 11.4. The monoisotopic (exact) mass is 340 g/mol. The number of anilines is 2. The van der Waals surface area contributed by atoms with Gasteiger partial charge >= 0.3 is 5.97 Å². The lowest BCUT2D eigenvalue weighted by atomic mass is 10.1. The zero-order valence-electron chi connectivity index (χ0n) is 13.5. The van der Waals surface area contributed by atoms with Gasteiger partial charge in [-0.1, -0.05) is 6.07 Å². The molecule has 122 valence electrons. The summed E-state index contributed by atoms with van der Waals surface area (Å²) in [5, 5.41) is 12.9. The zero-order chi connectivity index (χ0) is 17.3. The highest BCUT2D eigenvalue weighted by Crippen LogP contribution is 2.27. The van der Waals surface area contributed by atoms with Gasteiger partial charge in [-0.05, 0) is 50.1 Å². The molecule has 0 aliphatic rings. The number of hydrogen-bond acceptors (Lipinski definition) is 6. The van der Waals surface area contributed by atoms with E-state index < -0.39 is 5.97 Å². The van der Waals surface area contributed by atoms with Crippen molar-refractivity contribution in [2.45, 2.75) is 20.8 Å². The third-order valence-corrected chi connectivity index (χ3v) is 4.35. The van der Waals surface area contributed by atoms with Crippen LogP contribution in [0, 0.1) is 20.8 Å². The Morgan fingerprint density at radius 1 is 1.12 bits per heavy atom. The molecule has 2 heterocycles. The second-order valence-corrected chi connectivity index (χ2v) is 6.70. The summed E-state index contributed by atoms with van der Waals surface area (Å²) in [7, 11) is 0. The van der Waals surface area contributed by atoms with Gasteiger partial charge in [0.15, 0.2) is 5.69 Å². The molecule has 3 aromatic rings. The first kappa shape index (κ1) is 16.1. The Hall–Kier alpha value is -2.80. The summed E-state index contributed by atoms with van der Waals surface area (Å²) in [6.45, 7) is 5.79. The number of carboxylic acids is 1. The van der Waals surface area contributed by atoms with E-state index in [9.17, 15) is 4.79 Å². The summed E-state index contributed by atoms with van der Waals surface area (Å²) < 4.78 is 0. The number of aromatic nitrogens is 3. The molecule has 2 aromatic heterocycles. The molecule has 1 aromatic carbocycles. The fraction of sp³-hybridized carbons (Fsp3) is 0.176. The van der Waals surface area contributed by atoms with Crippen LogP contribution in [0.2, 0.25) is 0 Å². The molecule has 6 nitrogen and oxygen atoms in total. The predicted molar refractivity (Wildman–Crippen MR) is 94.0 cm³/mol. The van der Waals surface area contributed by atoms with Crippen LogP contribution in [0.4, 0.5) is 11.6 Å². The number of rotatable bonds is 4. The van der Waals surface area contributed by atoms with Crippen molar-refractivity contribution in [1.29, 1.82) is 0 Å². The number of carbonyl (C=O) groups is 1. The van der Waals surface area contributed by atoms with Crippen molar-refractivity contribution in [1.82, 2.24) is 15.0 Å². The highest BCUT2D eigenvalue weighted by atomic mass is 32.1. The zero-order valence-corrected chi connectivity index (χ0v) is 14.3. The van der Waals surface area contributed by atoms with Gasteiger partial charge in [0.1, 0.15) is 10.7 Å². The average Bonchev–Trinajstić information content (AvgIpc) is 2.89. The molecule has 0 atom stereocenters. The van der Waals surface area contributed by atoms with Crippen molar-refractivity contribution in [2.75, 3.05) is 5.32 Å². The number of aryl methyl sites for hydroxylation is 3. The SMILES string of the molecule is Cc1cc(C)cc(Nc2nccc(-c3nc(C(=O)O)c(C)s3)n2)c1. The summed E-state index contributed by atoms with van der Waals surface area (Å²) in [6, 6.07) is 7.84. The summed E-state index contributed by atoms with van der Waals surface area (Å²) in [4.78, 5) is 24.6. The van der Waals surface area contributed by atoms with Crippen molar-refractivity contribution in [3.63, 3.8) is 0 Å². The Morgan fingerprint density at radius 2 is 1.83 bits per heavy atom. The number of nitrogens with zero attached hydrogens (tertiary/aromatic N) is 3. The van der Waals surface area contributed by atoms with Crippen LogP contribution in [-0.2, 0) is 0 Å². The number of hydrogen-bond donors (Lipinski definition) is 2. The van der Waals surface area contributed by atoms with Crippen molar-refractivity contribution >= 4 is 28.9 Å². The predicted octanol–water partition coefficient (Wildman–Crippen LogP) is 3.97. The van der Waals surface area contributed by atoms with Gasteiger partial charge < -0.3 is 10.4 Å². The molecule has 0 saturated heterocycles. The first-order valence-electron chi connectivity index (χ1n) is 7.32. The highest BCUT2D eigenvalue weighted by molar-refractivity contribution is 7.15. The molecule has 0 unspecified atom stereocenters. The molecular weight excluding hydrogens is 324 g/mol. The maximum atomic E-state index is 11.1. The van der Waals surface area contributed by atoms with Crippen LogP contribution in [-0.4, -0.2) is 26.0 Å². The Labute approximate surface area is 143 Å². The molecule has 0 spiro atoms. The van der Waals surface area contributed by atoms with E-state index in [1.807, 2.05) is 26.0 Å². The number of benzene rings is 1. The molecule has 0 aliphatic carbocycles. The third-order valence-electron chi connectivity index (χ3n) is 3.35. The summed E-state index contributed by atoms with van der Waals surface area (Å²) in [5.74, 6) is -0.583. The van der Waals surface area contributed by atoms with Gasteiger partial charge in [-0.15, -0.1) is 11.3 Å². The van der Waals surface area contributed by atoms with E-state index in [1.54, 1.807) is 19.2 Å². The van der Waals surface area contributed by atoms with E-state index in [-0.39, 0.29) is 5.69 Å². The fourth-order valence-corrected chi connectivity index (χ4v) is 3.29. The van der Waals surface area contributed by atoms with Crippen LogP contribution in [0.15, 0.2) is 30.5 Å². The number of aromatic carboxylic acids is 1. The van der Waals surface area contributed by atoms with Crippen LogP contribution in [0.1, 0.15) is 26.5 Å². The second-order valence-electron chi connectivity index (χ2n) is 5.50. The van der Waals surface area contributed by atoms with Crippen molar-refractivity contribution in [2.24, 2.45) is 0 Å². The molecule has 0 saturated carbocycles. The van der Waals surface area contributed by atoms with Gasteiger partial charge in [0.05, 0.1) is 0 Å². The van der Waals surface area contributed by atoms with Gasteiger partial charge in [-0.25, -0.2) is 19.7 Å². The number of thiazole rings is 1. The number of carboxylic acid groups (broad SMARTS) is 1. The molecule has 0 radical (unpaired) electrons. The Bertz CT molecular complexity index is 900. The van der Waals surface area contributed by atoms with Gasteiger partial charge in [0, 0.05) is 16.8 Å². The van der Waals surface area contributed by atoms with E-state index in [0.717, 1.165) is 16.8 Å². The van der Waals surface area contributed by atoms with E-state index >= 15 is 0 Å². The topological polar surface area (TPSA) is 88.0 Å². The summed E-state index contributed by atoms with van der Waals surface area (Å²) >= 11 is 1.31. The van der Waals surface area contributed by atoms with Crippen LogP contribution in [0.5, 0.6) is 0 Å². The Balaban J connectivity index is 1.91. The lowest BCUT2D eigenvalue weighted by molar-refractivity contribution is 0.0690. The lowest BCUT2D eigenvalue weighted by Crippen LogP contribution is -2.00. The Morgan fingerprint density at radius 3 is 2.46 bits per heavy atom. The van der Waals surface area contributed by atoms with Crippen LogP contribution >= 0.6 is 11.3 Å². The Kier molecular flexibility index (Phi) is 4.26. The molecule has 0 aliphatic heterocycles. The molecule has 7 heteroatoms. The smallest absolute Gasteiger partial charge is 0.355 e. The van der Waals surface area contributed by atoms with Crippen LogP contribution in [0.25, 0.3) is 10.7 Å². The lowest BCUT2D eigenvalue weighted by Gasteiger charge is -2.07. The van der Waals surface area contributed by atoms with E-state index in [2.05, 4.69) is 26.3 Å². The molecule has 24 heavy (non-hydrogen) atoms. The van der Waals surface area contributed by atoms with Gasteiger partial charge in [-0.3, -0.25) is 0 Å². The molecule has 0 fully saturated rings. The maximum Gasteiger partial charge on any atom is 0.355 e. The summed E-state index contributed by atoms with van der Waals surface area (Å²) in [5.41, 5.74) is 3.87. The average molecular weight is 340 g/mol. The quantitative estimate of drug-likeness (QED) is 0.747.